The number of hydrogen-bond donors (Lipinski definition) is 1. The van der Waals surface area contributed by atoms with Crippen LogP contribution in [-0.2, 0) is 0 Å². The first-order valence-corrected chi connectivity index (χ1v) is 8.74. The van der Waals surface area contributed by atoms with Gasteiger partial charge in [0.15, 0.2) is 5.17 Å². The van der Waals surface area contributed by atoms with Gasteiger partial charge in [-0.1, -0.05) is 57.2 Å². The summed E-state index contributed by atoms with van der Waals surface area (Å²) in [4.78, 5) is 4.79. The third-order valence-corrected chi connectivity index (χ3v) is 5.60. The Bertz CT molecular complexity index is 270. The number of amidine groups is 1. The van der Waals surface area contributed by atoms with Crippen molar-refractivity contribution in [2.75, 3.05) is 18.8 Å². The molecule has 18 heavy (non-hydrogen) atoms. The standard InChI is InChI=1S/C15H28N2S/c1-2-3-4-8-11-16-14-17-12-15(13-18-14)9-6-5-7-10-15/h2-13H2,1H3,(H,16,17). The van der Waals surface area contributed by atoms with E-state index in [2.05, 4.69) is 12.2 Å². The van der Waals surface area contributed by atoms with Gasteiger partial charge in [0.25, 0.3) is 0 Å². The first-order chi connectivity index (χ1) is 8.85. The number of aliphatic imine (C=N–C) groups is 1. The Hall–Kier alpha value is -0.180. The normalized spacial score (nSPS) is 22.8. The number of nitrogens with one attached hydrogen (secondary N) is 1. The molecule has 1 spiro atoms. The van der Waals surface area contributed by atoms with Crippen molar-refractivity contribution in [3.8, 4) is 0 Å². The second kappa shape index (κ2) is 7.42. The van der Waals surface area contributed by atoms with Gasteiger partial charge in [-0.2, -0.15) is 0 Å². The van der Waals surface area contributed by atoms with E-state index in [0.29, 0.717) is 5.41 Å². The number of rotatable bonds is 5. The van der Waals surface area contributed by atoms with E-state index in [-0.39, 0.29) is 0 Å². The molecule has 1 heterocycles. The quantitative estimate of drug-likeness (QED) is 0.755. The highest BCUT2D eigenvalue weighted by Crippen LogP contribution is 2.41. The fourth-order valence-electron chi connectivity index (χ4n) is 3.01. The molecule has 0 aromatic rings. The molecule has 0 unspecified atom stereocenters. The highest BCUT2D eigenvalue weighted by molar-refractivity contribution is 8.13. The average Bonchev–Trinajstić information content (AvgIpc) is 2.42. The van der Waals surface area contributed by atoms with Gasteiger partial charge in [0.2, 0.25) is 0 Å². The molecular formula is C15H28N2S. The van der Waals surface area contributed by atoms with Gasteiger partial charge in [-0.05, 0) is 24.7 Å². The number of thioether (sulfide) groups is 1. The van der Waals surface area contributed by atoms with Crippen molar-refractivity contribution in [1.29, 1.82) is 0 Å². The van der Waals surface area contributed by atoms with Gasteiger partial charge in [-0.3, -0.25) is 4.99 Å². The predicted molar refractivity (Wildman–Crippen MR) is 82.4 cm³/mol. The molecule has 1 aliphatic heterocycles. The molecule has 1 aliphatic carbocycles. The Morgan fingerprint density at radius 2 is 2.00 bits per heavy atom. The maximum atomic E-state index is 4.79. The predicted octanol–water partition coefficient (Wildman–Crippen LogP) is 4.21. The Morgan fingerprint density at radius 1 is 1.17 bits per heavy atom. The van der Waals surface area contributed by atoms with Crippen LogP contribution in [0.1, 0.15) is 64.7 Å². The van der Waals surface area contributed by atoms with Crippen LogP contribution >= 0.6 is 11.8 Å². The summed E-state index contributed by atoms with van der Waals surface area (Å²) >= 11 is 1.97. The molecule has 0 aromatic carbocycles. The van der Waals surface area contributed by atoms with Gasteiger partial charge in [0, 0.05) is 18.8 Å². The Labute approximate surface area is 116 Å². The lowest BCUT2D eigenvalue weighted by Gasteiger charge is -2.38. The van der Waals surface area contributed by atoms with Crippen LogP contribution < -0.4 is 5.32 Å². The number of hydrogen-bond acceptors (Lipinski definition) is 3. The van der Waals surface area contributed by atoms with E-state index in [0.717, 1.165) is 13.1 Å². The monoisotopic (exact) mass is 268 g/mol. The molecule has 2 nitrogen and oxygen atoms in total. The topological polar surface area (TPSA) is 24.4 Å². The van der Waals surface area contributed by atoms with Gasteiger partial charge in [-0.25, -0.2) is 0 Å². The van der Waals surface area contributed by atoms with E-state index in [1.165, 1.54) is 68.7 Å². The minimum absolute atomic E-state index is 0.566. The lowest BCUT2D eigenvalue weighted by molar-refractivity contribution is 0.232. The highest BCUT2D eigenvalue weighted by Gasteiger charge is 2.34. The fourth-order valence-corrected chi connectivity index (χ4v) is 4.19. The lowest BCUT2D eigenvalue weighted by atomic mass is 9.75. The summed E-state index contributed by atoms with van der Waals surface area (Å²) in [6.45, 7) is 4.45. The summed E-state index contributed by atoms with van der Waals surface area (Å²) in [5.74, 6) is 1.30. The van der Waals surface area contributed by atoms with Crippen molar-refractivity contribution >= 4 is 16.9 Å². The van der Waals surface area contributed by atoms with Crippen LogP contribution in [0.4, 0.5) is 0 Å². The van der Waals surface area contributed by atoms with Crippen molar-refractivity contribution in [2.24, 2.45) is 10.4 Å². The first kappa shape index (κ1) is 14.2. The van der Waals surface area contributed by atoms with Crippen molar-refractivity contribution < 1.29 is 0 Å². The van der Waals surface area contributed by atoms with E-state index < -0.39 is 0 Å². The summed E-state index contributed by atoms with van der Waals surface area (Å²) in [6.07, 6.45) is 12.4. The molecule has 0 aromatic heterocycles. The summed E-state index contributed by atoms with van der Waals surface area (Å²) in [6, 6.07) is 0. The molecule has 104 valence electrons. The van der Waals surface area contributed by atoms with E-state index in [1.807, 2.05) is 11.8 Å². The molecule has 0 atom stereocenters. The molecule has 0 saturated heterocycles. The molecule has 3 heteroatoms. The third-order valence-electron chi connectivity index (χ3n) is 4.29. The number of nitrogens with zero attached hydrogens (tertiary/aromatic N) is 1. The summed E-state index contributed by atoms with van der Waals surface area (Å²) in [7, 11) is 0. The molecule has 0 radical (unpaired) electrons. The van der Waals surface area contributed by atoms with Gasteiger partial charge in [0.1, 0.15) is 0 Å². The van der Waals surface area contributed by atoms with Gasteiger partial charge >= 0.3 is 0 Å². The van der Waals surface area contributed by atoms with Crippen molar-refractivity contribution in [1.82, 2.24) is 5.32 Å². The van der Waals surface area contributed by atoms with E-state index in [1.54, 1.807) is 0 Å². The van der Waals surface area contributed by atoms with Crippen LogP contribution in [-0.4, -0.2) is 24.0 Å². The Morgan fingerprint density at radius 3 is 2.67 bits per heavy atom. The minimum Gasteiger partial charge on any atom is -0.365 e. The number of unbranched alkanes of at least 4 members (excludes halogenated alkanes) is 3. The van der Waals surface area contributed by atoms with E-state index in [4.69, 9.17) is 4.99 Å². The van der Waals surface area contributed by atoms with Crippen molar-refractivity contribution in [3.05, 3.63) is 0 Å². The second-order valence-corrected chi connectivity index (χ2v) is 6.92. The summed E-state index contributed by atoms with van der Waals surface area (Å²) in [5, 5.41) is 4.73. The molecule has 0 amide bonds. The van der Waals surface area contributed by atoms with Crippen LogP contribution in [0, 0.1) is 5.41 Å². The molecule has 2 rings (SSSR count). The highest BCUT2D eigenvalue weighted by atomic mass is 32.2. The average molecular weight is 268 g/mol. The zero-order valence-electron chi connectivity index (χ0n) is 11.8. The van der Waals surface area contributed by atoms with Crippen LogP contribution in [0.3, 0.4) is 0 Å². The van der Waals surface area contributed by atoms with Crippen LogP contribution in [0.25, 0.3) is 0 Å². The van der Waals surface area contributed by atoms with Gasteiger partial charge < -0.3 is 5.32 Å². The zero-order valence-corrected chi connectivity index (χ0v) is 12.7. The Balaban J connectivity index is 1.66. The van der Waals surface area contributed by atoms with E-state index in [9.17, 15) is 0 Å². The maximum Gasteiger partial charge on any atom is 0.156 e. The fraction of sp³-hybridized carbons (Fsp3) is 0.933. The van der Waals surface area contributed by atoms with Crippen molar-refractivity contribution in [2.45, 2.75) is 64.7 Å². The SMILES string of the molecule is CCCCCCNC1=NCC2(CCCCC2)CS1. The summed E-state index contributed by atoms with van der Waals surface area (Å²) < 4.78 is 0. The lowest BCUT2D eigenvalue weighted by Crippen LogP contribution is -2.37. The maximum absolute atomic E-state index is 4.79. The van der Waals surface area contributed by atoms with Crippen LogP contribution in [0.15, 0.2) is 4.99 Å². The Kier molecular flexibility index (Phi) is 5.87. The molecular weight excluding hydrogens is 240 g/mol. The molecule has 0 bridgehead atoms. The van der Waals surface area contributed by atoms with Gasteiger partial charge in [-0.15, -0.1) is 0 Å². The molecule has 2 aliphatic rings. The van der Waals surface area contributed by atoms with Crippen LogP contribution in [0.5, 0.6) is 0 Å². The third kappa shape index (κ3) is 4.18. The molecule has 1 saturated carbocycles. The minimum atomic E-state index is 0.566. The van der Waals surface area contributed by atoms with Gasteiger partial charge in [0.05, 0.1) is 0 Å². The largest absolute Gasteiger partial charge is 0.365 e. The van der Waals surface area contributed by atoms with E-state index >= 15 is 0 Å². The van der Waals surface area contributed by atoms with Crippen LogP contribution in [0.2, 0.25) is 0 Å². The smallest absolute Gasteiger partial charge is 0.156 e. The first-order valence-electron chi connectivity index (χ1n) is 7.76. The second-order valence-electron chi connectivity index (χ2n) is 5.96. The summed E-state index contributed by atoms with van der Waals surface area (Å²) in [5.41, 5.74) is 0.566. The van der Waals surface area contributed by atoms with Crippen molar-refractivity contribution in [3.63, 3.8) is 0 Å². The zero-order chi connectivity index (χ0) is 12.7. The molecule has 1 fully saturated rings. The molecule has 1 N–H and O–H groups in total.